The quantitative estimate of drug-likeness (QED) is 0.349. The summed E-state index contributed by atoms with van der Waals surface area (Å²) in [6.45, 7) is 4.56. The molecule has 2 aromatic rings. The molecule has 0 aliphatic heterocycles. The highest BCUT2D eigenvalue weighted by atomic mass is 32.1. The van der Waals surface area contributed by atoms with Crippen molar-refractivity contribution < 1.29 is 23.9 Å². The Bertz CT molecular complexity index is 863. The number of carbonyl (C=O) groups excluding carboxylic acids is 3. The summed E-state index contributed by atoms with van der Waals surface area (Å²) < 4.78 is 10.9. The number of carbonyl (C=O) groups is 3. The van der Waals surface area contributed by atoms with Gasteiger partial charge in [0.05, 0.1) is 18.6 Å². The van der Waals surface area contributed by atoms with Crippen molar-refractivity contribution in [3.8, 4) is 11.5 Å². The molecule has 1 heterocycles. The van der Waals surface area contributed by atoms with Gasteiger partial charge in [0.2, 0.25) is 5.91 Å². The van der Waals surface area contributed by atoms with E-state index in [1.165, 1.54) is 18.4 Å². The molecule has 8 heteroatoms. The summed E-state index contributed by atoms with van der Waals surface area (Å²) in [5.74, 6) is -0.0165. The van der Waals surface area contributed by atoms with Crippen LogP contribution in [0.15, 0.2) is 30.3 Å². The standard InChI is InChI=1S/C21H26N2O5S/c1-4-5-12-28-17-9-7-15(13-18(17)27-3)21(26)23-22-20(25)11-8-16(24)19-10-6-14(2)29-19/h6-7,9-10,13H,4-5,8,11-12H2,1-3H3,(H,22,25)(H,23,26). The van der Waals surface area contributed by atoms with Gasteiger partial charge < -0.3 is 9.47 Å². The number of hydrogen-bond acceptors (Lipinski definition) is 6. The highest BCUT2D eigenvalue weighted by molar-refractivity contribution is 7.14. The van der Waals surface area contributed by atoms with Gasteiger partial charge in [-0.1, -0.05) is 13.3 Å². The van der Waals surface area contributed by atoms with Gasteiger partial charge in [-0.2, -0.15) is 0 Å². The highest BCUT2D eigenvalue weighted by Gasteiger charge is 2.14. The molecular weight excluding hydrogens is 392 g/mol. The number of thiophene rings is 1. The maximum atomic E-state index is 12.3. The zero-order valence-corrected chi connectivity index (χ0v) is 17.7. The van der Waals surface area contributed by atoms with Crippen molar-refractivity contribution in [2.24, 2.45) is 0 Å². The molecule has 2 rings (SSSR count). The minimum Gasteiger partial charge on any atom is -0.493 e. The molecule has 29 heavy (non-hydrogen) atoms. The summed E-state index contributed by atoms with van der Waals surface area (Å²) in [4.78, 5) is 37.9. The Morgan fingerprint density at radius 1 is 1.03 bits per heavy atom. The van der Waals surface area contributed by atoms with Crippen molar-refractivity contribution in [2.75, 3.05) is 13.7 Å². The third kappa shape index (κ3) is 6.90. The molecule has 0 saturated carbocycles. The molecule has 0 atom stereocenters. The molecule has 1 aromatic carbocycles. The van der Waals surface area contributed by atoms with Crippen LogP contribution in [0, 0.1) is 6.92 Å². The van der Waals surface area contributed by atoms with E-state index in [1.807, 2.05) is 13.0 Å². The summed E-state index contributed by atoms with van der Waals surface area (Å²) >= 11 is 1.40. The van der Waals surface area contributed by atoms with Crippen LogP contribution in [-0.4, -0.2) is 31.3 Å². The number of rotatable bonds is 10. The van der Waals surface area contributed by atoms with Gasteiger partial charge in [0.25, 0.3) is 5.91 Å². The molecule has 0 fully saturated rings. The average Bonchev–Trinajstić information content (AvgIpc) is 3.16. The number of hydrazine groups is 1. The number of benzene rings is 1. The van der Waals surface area contributed by atoms with Gasteiger partial charge >= 0.3 is 0 Å². The van der Waals surface area contributed by atoms with E-state index in [2.05, 4.69) is 17.8 Å². The predicted octanol–water partition coefficient (Wildman–Crippen LogP) is 3.67. The first kappa shape index (κ1) is 22.4. The number of aryl methyl sites for hydroxylation is 1. The van der Waals surface area contributed by atoms with E-state index >= 15 is 0 Å². The number of nitrogens with one attached hydrogen (secondary N) is 2. The van der Waals surface area contributed by atoms with Crippen LogP contribution in [-0.2, 0) is 4.79 Å². The Balaban J connectivity index is 1.83. The van der Waals surface area contributed by atoms with Crippen molar-refractivity contribution in [1.29, 1.82) is 0 Å². The van der Waals surface area contributed by atoms with E-state index in [1.54, 1.807) is 24.3 Å². The van der Waals surface area contributed by atoms with E-state index in [9.17, 15) is 14.4 Å². The number of unbranched alkanes of at least 4 members (excludes halogenated alkanes) is 1. The van der Waals surface area contributed by atoms with Crippen LogP contribution < -0.4 is 20.3 Å². The number of methoxy groups -OCH3 is 1. The van der Waals surface area contributed by atoms with Gasteiger partial charge in [-0.25, -0.2) is 0 Å². The number of Topliss-reactive ketones (excluding diaryl/α,β-unsaturated/α-hetero) is 1. The Hall–Kier alpha value is -2.87. The predicted molar refractivity (Wildman–Crippen MR) is 112 cm³/mol. The third-order valence-corrected chi connectivity index (χ3v) is 5.13. The topological polar surface area (TPSA) is 93.7 Å². The zero-order valence-electron chi connectivity index (χ0n) is 16.9. The van der Waals surface area contributed by atoms with E-state index in [0.29, 0.717) is 28.5 Å². The molecular formula is C21H26N2O5S. The Morgan fingerprint density at radius 2 is 1.83 bits per heavy atom. The van der Waals surface area contributed by atoms with Crippen molar-refractivity contribution in [1.82, 2.24) is 10.9 Å². The van der Waals surface area contributed by atoms with E-state index < -0.39 is 11.8 Å². The molecule has 0 aliphatic carbocycles. The van der Waals surface area contributed by atoms with Crippen LogP contribution in [0.2, 0.25) is 0 Å². The molecule has 0 saturated heterocycles. The molecule has 0 radical (unpaired) electrons. The lowest BCUT2D eigenvalue weighted by Crippen LogP contribution is -2.41. The number of hydrogen-bond donors (Lipinski definition) is 2. The first-order valence-electron chi connectivity index (χ1n) is 9.44. The number of amides is 2. The fourth-order valence-electron chi connectivity index (χ4n) is 2.45. The van der Waals surface area contributed by atoms with Gasteiger partial charge in [-0.15, -0.1) is 11.3 Å². The normalized spacial score (nSPS) is 10.3. The first-order chi connectivity index (χ1) is 13.9. The summed E-state index contributed by atoms with van der Waals surface area (Å²) in [6, 6.07) is 8.42. The van der Waals surface area contributed by atoms with Gasteiger partial charge in [0, 0.05) is 23.3 Å². The lowest BCUT2D eigenvalue weighted by Gasteiger charge is -2.12. The second-order valence-electron chi connectivity index (χ2n) is 6.40. The summed E-state index contributed by atoms with van der Waals surface area (Å²) in [5.41, 5.74) is 4.99. The molecule has 0 aliphatic rings. The molecule has 0 bridgehead atoms. The second-order valence-corrected chi connectivity index (χ2v) is 7.69. The van der Waals surface area contributed by atoms with Crippen molar-refractivity contribution >= 4 is 28.9 Å². The van der Waals surface area contributed by atoms with Crippen LogP contribution in [0.25, 0.3) is 0 Å². The molecule has 7 nitrogen and oxygen atoms in total. The smallest absolute Gasteiger partial charge is 0.269 e. The average molecular weight is 419 g/mol. The van der Waals surface area contributed by atoms with Gasteiger partial charge in [0.15, 0.2) is 17.3 Å². The van der Waals surface area contributed by atoms with E-state index in [4.69, 9.17) is 9.47 Å². The maximum absolute atomic E-state index is 12.3. The lowest BCUT2D eigenvalue weighted by molar-refractivity contribution is -0.121. The van der Waals surface area contributed by atoms with Crippen LogP contribution in [0.4, 0.5) is 0 Å². The molecule has 0 spiro atoms. The van der Waals surface area contributed by atoms with Gasteiger partial charge in [0.1, 0.15) is 0 Å². The van der Waals surface area contributed by atoms with Gasteiger partial charge in [-0.3, -0.25) is 25.2 Å². The summed E-state index contributed by atoms with van der Waals surface area (Å²) in [5, 5.41) is 0. The van der Waals surface area contributed by atoms with Crippen molar-refractivity contribution in [3.63, 3.8) is 0 Å². The zero-order chi connectivity index (χ0) is 21.2. The van der Waals surface area contributed by atoms with E-state index in [-0.39, 0.29) is 18.6 Å². The van der Waals surface area contributed by atoms with Crippen LogP contribution in [0.1, 0.15) is 57.5 Å². The van der Waals surface area contributed by atoms with Crippen LogP contribution in [0.5, 0.6) is 11.5 Å². The summed E-state index contributed by atoms with van der Waals surface area (Å²) in [7, 11) is 1.50. The molecule has 2 amide bonds. The number of ether oxygens (including phenoxy) is 2. The van der Waals surface area contributed by atoms with Crippen LogP contribution >= 0.6 is 11.3 Å². The molecule has 2 N–H and O–H groups in total. The highest BCUT2D eigenvalue weighted by Crippen LogP contribution is 2.28. The first-order valence-corrected chi connectivity index (χ1v) is 10.3. The Kier molecular flexibility index (Phi) is 8.67. The second kappa shape index (κ2) is 11.2. The number of ketones is 1. The fourth-order valence-corrected chi connectivity index (χ4v) is 3.29. The molecule has 1 aromatic heterocycles. The SMILES string of the molecule is CCCCOc1ccc(C(=O)NNC(=O)CCC(=O)c2ccc(C)s2)cc1OC. The maximum Gasteiger partial charge on any atom is 0.269 e. The Labute approximate surface area is 174 Å². The fraction of sp³-hybridized carbons (Fsp3) is 0.381. The Morgan fingerprint density at radius 3 is 2.48 bits per heavy atom. The lowest BCUT2D eigenvalue weighted by atomic mass is 10.2. The van der Waals surface area contributed by atoms with Crippen molar-refractivity contribution in [3.05, 3.63) is 45.6 Å². The monoisotopic (exact) mass is 418 g/mol. The largest absolute Gasteiger partial charge is 0.493 e. The van der Waals surface area contributed by atoms with Crippen molar-refractivity contribution in [2.45, 2.75) is 39.5 Å². The van der Waals surface area contributed by atoms with Crippen LogP contribution in [0.3, 0.4) is 0 Å². The third-order valence-electron chi connectivity index (χ3n) is 4.09. The molecule has 0 unspecified atom stereocenters. The van der Waals surface area contributed by atoms with Gasteiger partial charge in [-0.05, 0) is 43.7 Å². The molecule has 156 valence electrons. The van der Waals surface area contributed by atoms with E-state index in [0.717, 1.165) is 17.7 Å². The minimum atomic E-state index is -0.489. The summed E-state index contributed by atoms with van der Waals surface area (Å²) in [6.07, 6.45) is 2.01. The minimum absolute atomic E-state index is 0.0103.